The largest absolute Gasteiger partial charge is 0.347 e. The van der Waals surface area contributed by atoms with Crippen LogP contribution >= 0.6 is 0 Å². The van der Waals surface area contributed by atoms with Crippen LogP contribution in [0.4, 0.5) is 10.1 Å². The number of carbonyl (C=O) groups is 2. The summed E-state index contributed by atoms with van der Waals surface area (Å²) in [4.78, 5) is 22.5. The average molecular weight is 238 g/mol. The molecule has 1 rings (SSSR count). The summed E-state index contributed by atoms with van der Waals surface area (Å²) >= 11 is 0. The van der Waals surface area contributed by atoms with Crippen molar-refractivity contribution in [2.75, 3.05) is 11.9 Å². The van der Waals surface area contributed by atoms with Crippen molar-refractivity contribution in [1.29, 1.82) is 0 Å². The number of rotatable bonds is 5. The standard InChI is InChI=1S/C12H15FN2O2/c1-2-4-11(16)14-8-12(17)15-10-6-3-5-9(13)7-10/h3,5-7H,2,4,8H2,1H3,(H,14,16)(H,15,17). The van der Waals surface area contributed by atoms with Crippen molar-refractivity contribution in [2.45, 2.75) is 19.8 Å². The Balaban J connectivity index is 2.37. The Hall–Kier alpha value is -1.91. The molecule has 0 saturated heterocycles. The molecular formula is C12H15FN2O2. The lowest BCUT2D eigenvalue weighted by atomic mass is 10.3. The van der Waals surface area contributed by atoms with Gasteiger partial charge in [0.1, 0.15) is 5.82 Å². The van der Waals surface area contributed by atoms with E-state index in [0.29, 0.717) is 12.1 Å². The van der Waals surface area contributed by atoms with Gasteiger partial charge in [0.15, 0.2) is 0 Å². The Morgan fingerprint density at radius 1 is 1.29 bits per heavy atom. The second-order valence-electron chi connectivity index (χ2n) is 3.59. The molecule has 2 N–H and O–H groups in total. The summed E-state index contributed by atoms with van der Waals surface area (Å²) in [6.07, 6.45) is 1.13. The Labute approximate surface area is 99.2 Å². The van der Waals surface area contributed by atoms with Gasteiger partial charge in [0.2, 0.25) is 11.8 Å². The molecule has 0 atom stereocenters. The van der Waals surface area contributed by atoms with E-state index in [4.69, 9.17) is 0 Å². The maximum Gasteiger partial charge on any atom is 0.243 e. The van der Waals surface area contributed by atoms with Crippen LogP contribution in [-0.2, 0) is 9.59 Å². The van der Waals surface area contributed by atoms with E-state index < -0.39 is 5.82 Å². The molecule has 1 aromatic rings. The number of halogens is 1. The van der Waals surface area contributed by atoms with E-state index in [9.17, 15) is 14.0 Å². The van der Waals surface area contributed by atoms with Crippen LogP contribution in [-0.4, -0.2) is 18.4 Å². The van der Waals surface area contributed by atoms with E-state index in [1.54, 1.807) is 6.07 Å². The van der Waals surface area contributed by atoms with Crippen LogP contribution in [0.2, 0.25) is 0 Å². The zero-order chi connectivity index (χ0) is 12.7. The van der Waals surface area contributed by atoms with Gasteiger partial charge in [0.05, 0.1) is 6.54 Å². The van der Waals surface area contributed by atoms with E-state index in [1.807, 2.05) is 6.92 Å². The van der Waals surface area contributed by atoms with Crippen LogP contribution in [0.3, 0.4) is 0 Å². The lowest BCUT2D eigenvalue weighted by molar-refractivity contribution is -0.124. The Bertz CT molecular complexity index is 407. The fourth-order valence-corrected chi connectivity index (χ4v) is 1.27. The second-order valence-corrected chi connectivity index (χ2v) is 3.59. The minimum atomic E-state index is -0.419. The first kappa shape index (κ1) is 13.2. The molecule has 0 bridgehead atoms. The molecule has 92 valence electrons. The lowest BCUT2D eigenvalue weighted by Crippen LogP contribution is -2.32. The highest BCUT2D eigenvalue weighted by Crippen LogP contribution is 2.08. The first-order valence-corrected chi connectivity index (χ1v) is 5.44. The normalized spacial score (nSPS) is 9.76. The van der Waals surface area contributed by atoms with Gasteiger partial charge < -0.3 is 10.6 Å². The quantitative estimate of drug-likeness (QED) is 0.820. The maximum absolute atomic E-state index is 12.8. The van der Waals surface area contributed by atoms with Gasteiger partial charge in [-0.2, -0.15) is 0 Å². The third kappa shape index (κ3) is 5.10. The summed E-state index contributed by atoms with van der Waals surface area (Å²) in [5, 5.41) is 4.96. The number of hydrogen-bond acceptors (Lipinski definition) is 2. The van der Waals surface area contributed by atoms with E-state index in [0.717, 1.165) is 6.42 Å². The Morgan fingerprint density at radius 2 is 2.06 bits per heavy atom. The van der Waals surface area contributed by atoms with Gasteiger partial charge in [-0.05, 0) is 24.6 Å². The van der Waals surface area contributed by atoms with E-state index in [2.05, 4.69) is 10.6 Å². The monoisotopic (exact) mass is 238 g/mol. The highest BCUT2D eigenvalue weighted by Gasteiger charge is 2.05. The topological polar surface area (TPSA) is 58.2 Å². The van der Waals surface area contributed by atoms with Crippen molar-refractivity contribution < 1.29 is 14.0 Å². The molecule has 17 heavy (non-hydrogen) atoms. The van der Waals surface area contributed by atoms with Gasteiger partial charge in [-0.1, -0.05) is 13.0 Å². The van der Waals surface area contributed by atoms with Gasteiger partial charge in [-0.15, -0.1) is 0 Å². The molecular weight excluding hydrogens is 223 g/mol. The first-order chi connectivity index (χ1) is 8.11. The molecule has 0 aliphatic rings. The molecule has 5 heteroatoms. The highest BCUT2D eigenvalue weighted by atomic mass is 19.1. The van der Waals surface area contributed by atoms with E-state index in [-0.39, 0.29) is 18.4 Å². The van der Waals surface area contributed by atoms with E-state index in [1.165, 1.54) is 18.2 Å². The summed E-state index contributed by atoms with van der Waals surface area (Å²) in [6.45, 7) is 1.78. The fraction of sp³-hybridized carbons (Fsp3) is 0.333. The number of carbonyl (C=O) groups excluding carboxylic acids is 2. The van der Waals surface area contributed by atoms with Crippen molar-refractivity contribution in [3.63, 3.8) is 0 Å². The summed E-state index contributed by atoms with van der Waals surface area (Å²) in [7, 11) is 0. The second kappa shape index (κ2) is 6.62. The first-order valence-electron chi connectivity index (χ1n) is 5.44. The molecule has 0 aliphatic heterocycles. The molecule has 0 fully saturated rings. The summed E-state index contributed by atoms with van der Waals surface area (Å²) < 4.78 is 12.8. The van der Waals surface area contributed by atoms with Crippen LogP contribution < -0.4 is 10.6 Å². The van der Waals surface area contributed by atoms with Crippen molar-refractivity contribution in [3.05, 3.63) is 30.1 Å². The zero-order valence-electron chi connectivity index (χ0n) is 9.63. The predicted octanol–water partition coefficient (Wildman–Crippen LogP) is 1.68. The van der Waals surface area contributed by atoms with Gasteiger partial charge in [-0.25, -0.2) is 4.39 Å². The maximum atomic E-state index is 12.8. The van der Waals surface area contributed by atoms with Crippen LogP contribution in [0.5, 0.6) is 0 Å². The molecule has 0 radical (unpaired) electrons. The molecule has 0 heterocycles. The highest BCUT2D eigenvalue weighted by molar-refractivity contribution is 5.94. The third-order valence-corrected chi connectivity index (χ3v) is 2.03. The van der Waals surface area contributed by atoms with E-state index >= 15 is 0 Å². The SMILES string of the molecule is CCCC(=O)NCC(=O)Nc1cccc(F)c1. The van der Waals surface area contributed by atoms with Crippen molar-refractivity contribution >= 4 is 17.5 Å². The average Bonchev–Trinajstić information content (AvgIpc) is 2.27. The molecule has 0 saturated carbocycles. The minimum absolute atomic E-state index is 0.102. The number of hydrogen-bond donors (Lipinski definition) is 2. The van der Waals surface area contributed by atoms with Crippen LogP contribution in [0.25, 0.3) is 0 Å². The molecule has 0 aromatic heterocycles. The van der Waals surface area contributed by atoms with Gasteiger partial charge in [0.25, 0.3) is 0 Å². The molecule has 2 amide bonds. The van der Waals surface area contributed by atoms with Crippen molar-refractivity contribution in [3.8, 4) is 0 Å². The van der Waals surface area contributed by atoms with Crippen molar-refractivity contribution in [2.24, 2.45) is 0 Å². The smallest absolute Gasteiger partial charge is 0.243 e. The lowest BCUT2D eigenvalue weighted by Gasteiger charge is -2.06. The Kier molecular flexibility index (Phi) is 5.13. The predicted molar refractivity (Wildman–Crippen MR) is 62.9 cm³/mol. The number of benzene rings is 1. The fourth-order valence-electron chi connectivity index (χ4n) is 1.27. The third-order valence-electron chi connectivity index (χ3n) is 2.03. The summed E-state index contributed by atoms with van der Waals surface area (Å²) in [5.41, 5.74) is 0.375. The number of nitrogens with one attached hydrogen (secondary N) is 2. The molecule has 0 unspecified atom stereocenters. The van der Waals surface area contributed by atoms with Crippen LogP contribution in [0.1, 0.15) is 19.8 Å². The molecule has 0 spiro atoms. The molecule has 0 aliphatic carbocycles. The summed E-state index contributed by atoms with van der Waals surface area (Å²) in [5.74, 6) is -0.959. The van der Waals surface area contributed by atoms with Crippen LogP contribution in [0, 0.1) is 5.82 Å². The molecule has 4 nitrogen and oxygen atoms in total. The van der Waals surface area contributed by atoms with Gasteiger partial charge in [0, 0.05) is 12.1 Å². The van der Waals surface area contributed by atoms with Crippen LogP contribution in [0.15, 0.2) is 24.3 Å². The van der Waals surface area contributed by atoms with Gasteiger partial charge >= 0.3 is 0 Å². The van der Waals surface area contributed by atoms with Gasteiger partial charge in [-0.3, -0.25) is 9.59 Å². The number of anilines is 1. The zero-order valence-corrected chi connectivity index (χ0v) is 9.63. The minimum Gasteiger partial charge on any atom is -0.347 e. The summed E-state index contributed by atoms with van der Waals surface area (Å²) in [6, 6.07) is 5.58. The number of amides is 2. The Morgan fingerprint density at radius 3 is 2.71 bits per heavy atom. The molecule has 1 aromatic carbocycles. The van der Waals surface area contributed by atoms with Crippen molar-refractivity contribution in [1.82, 2.24) is 5.32 Å².